The van der Waals surface area contributed by atoms with Crippen LogP contribution in [0, 0.1) is 0 Å². The van der Waals surface area contributed by atoms with E-state index < -0.39 is 0 Å². The maximum Gasteiger partial charge on any atom is 0.276 e. The molecule has 0 saturated heterocycles. The summed E-state index contributed by atoms with van der Waals surface area (Å²) in [5, 5.41) is 11.6. The number of amides is 1. The highest BCUT2D eigenvalue weighted by Gasteiger charge is 2.34. The molecule has 0 spiro atoms. The monoisotopic (exact) mass is 434 g/mol. The number of hydrogen-bond donors (Lipinski definition) is 1. The van der Waals surface area contributed by atoms with Gasteiger partial charge in [-0.3, -0.25) is 15.1 Å². The fourth-order valence-corrected chi connectivity index (χ4v) is 4.90. The Labute approximate surface area is 161 Å². The molecule has 1 amide bonds. The van der Waals surface area contributed by atoms with E-state index in [2.05, 4.69) is 28.2 Å². The van der Waals surface area contributed by atoms with Crippen molar-refractivity contribution in [3.8, 4) is 0 Å². The van der Waals surface area contributed by atoms with E-state index in [1.54, 1.807) is 28.1 Å². The molecule has 1 N–H and O–H groups in total. The third-order valence-electron chi connectivity index (χ3n) is 3.81. The Kier molecular flexibility index (Phi) is 4.66. The van der Waals surface area contributed by atoms with Crippen LogP contribution in [0.3, 0.4) is 0 Å². The molecule has 2 aliphatic heterocycles. The molecule has 0 bridgehead atoms. The molecule has 1 aromatic heterocycles. The standard InChI is InChI=1S/C17H15BrN4OS2/c1-2-9-24-17-20-16(23)14-10-5-3-4-6-11(10)19-15(22(14)21-17)12-7-8-13(18)25-12/h3-8,15H,2,9H2,1H3,(H,20,21,23)/t15-/m1/s1. The van der Waals surface area contributed by atoms with Crippen LogP contribution in [0.25, 0.3) is 5.70 Å². The molecule has 0 fully saturated rings. The third-order valence-corrected chi connectivity index (χ3v) is 6.54. The van der Waals surface area contributed by atoms with E-state index in [0.29, 0.717) is 10.9 Å². The van der Waals surface area contributed by atoms with Crippen LogP contribution in [0.2, 0.25) is 0 Å². The van der Waals surface area contributed by atoms with Gasteiger partial charge in [0.2, 0.25) is 0 Å². The first-order valence-corrected chi connectivity index (χ1v) is 10.5. The number of amidine groups is 1. The number of rotatable bonds is 3. The number of para-hydroxylation sites is 1. The van der Waals surface area contributed by atoms with Gasteiger partial charge in [0.25, 0.3) is 5.91 Å². The van der Waals surface area contributed by atoms with Gasteiger partial charge < -0.3 is 0 Å². The molecular weight excluding hydrogens is 420 g/mol. The minimum Gasteiger partial charge on any atom is -0.298 e. The number of thiophene rings is 1. The van der Waals surface area contributed by atoms with Crippen molar-refractivity contribution < 1.29 is 4.79 Å². The summed E-state index contributed by atoms with van der Waals surface area (Å²) in [6.07, 6.45) is 0.689. The van der Waals surface area contributed by atoms with Crippen LogP contribution in [0.4, 0.5) is 0 Å². The summed E-state index contributed by atoms with van der Waals surface area (Å²) >= 11 is 6.67. The number of halogens is 1. The van der Waals surface area contributed by atoms with Gasteiger partial charge in [0.15, 0.2) is 11.3 Å². The molecular formula is C17H15BrN4OS2. The fourth-order valence-electron chi connectivity index (χ4n) is 2.74. The Bertz CT molecular complexity index is 985. The fraction of sp³-hybridized carbons (Fsp3) is 0.235. The third kappa shape index (κ3) is 3.14. The van der Waals surface area contributed by atoms with Gasteiger partial charge >= 0.3 is 0 Å². The number of hydrazone groups is 1. The second kappa shape index (κ2) is 6.93. The quantitative estimate of drug-likeness (QED) is 0.807. The molecule has 2 aromatic rings. The minimum absolute atomic E-state index is 0.128. The zero-order valence-electron chi connectivity index (χ0n) is 13.4. The zero-order chi connectivity index (χ0) is 17.4. The normalized spacial score (nSPS) is 18.9. The first-order valence-electron chi connectivity index (χ1n) is 7.92. The molecule has 0 aliphatic carbocycles. The summed E-state index contributed by atoms with van der Waals surface area (Å²) < 4.78 is 1.03. The van der Waals surface area contributed by atoms with Gasteiger partial charge in [0.05, 0.1) is 14.0 Å². The Morgan fingerprint density at radius 3 is 2.92 bits per heavy atom. The molecule has 1 aromatic carbocycles. The molecule has 0 radical (unpaired) electrons. The summed E-state index contributed by atoms with van der Waals surface area (Å²) in [6, 6.07) is 11.7. The van der Waals surface area contributed by atoms with E-state index in [-0.39, 0.29) is 12.1 Å². The van der Waals surface area contributed by atoms with Gasteiger partial charge in [-0.1, -0.05) is 36.9 Å². The molecule has 8 heteroatoms. The van der Waals surface area contributed by atoms with E-state index >= 15 is 0 Å². The lowest BCUT2D eigenvalue weighted by molar-refractivity contribution is -0.116. The van der Waals surface area contributed by atoms with Gasteiger partial charge in [-0.15, -0.1) is 16.4 Å². The Morgan fingerprint density at radius 1 is 1.32 bits per heavy atom. The van der Waals surface area contributed by atoms with Crippen molar-refractivity contribution in [3.63, 3.8) is 0 Å². The van der Waals surface area contributed by atoms with Gasteiger partial charge in [-0.25, -0.2) is 5.01 Å². The van der Waals surface area contributed by atoms with Crippen molar-refractivity contribution in [2.24, 2.45) is 10.1 Å². The van der Waals surface area contributed by atoms with Gasteiger partial charge in [0, 0.05) is 11.0 Å². The van der Waals surface area contributed by atoms with Gasteiger partial charge in [0.1, 0.15) is 5.70 Å². The lowest BCUT2D eigenvalue weighted by atomic mass is 10.1. The first-order chi connectivity index (χ1) is 12.2. The first kappa shape index (κ1) is 16.8. The maximum atomic E-state index is 12.8. The highest BCUT2D eigenvalue weighted by Crippen LogP contribution is 2.35. The van der Waals surface area contributed by atoms with Crippen LogP contribution >= 0.6 is 39.0 Å². The van der Waals surface area contributed by atoms with E-state index in [1.807, 2.05) is 36.4 Å². The van der Waals surface area contributed by atoms with Crippen molar-refractivity contribution >= 4 is 55.8 Å². The van der Waals surface area contributed by atoms with Crippen LogP contribution in [0.15, 0.2) is 50.3 Å². The highest BCUT2D eigenvalue weighted by atomic mass is 79.9. The molecule has 25 heavy (non-hydrogen) atoms. The maximum absolute atomic E-state index is 12.8. The zero-order valence-corrected chi connectivity index (χ0v) is 16.6. The number of nitrogens with zero attached hydrogens (tertiary/aromatic N) is 3. The molecule has 2 aliphatic rings. The van der Waals surface area contributed by atoms with Crippen LogP contribution in [0.1, 0.15) is 24.4 Å². The topological polar surface area (TPSA) is 57.1 Å². The molecule has 1 atom stereocenters. The predicted octanol–water partition coefficient (Wildman–Crippen LogP) is 2.80. The average Bonchev–Trinajstić information content (AvgIpc) is 3.05. The van der Waals surface area contributed by atoms with Gasteiger partial charge in [-0.05, 0) is 40.5 Å². The Morgan fingerprint density at radius 2 is 2.16 bits per heavy atom. The lowest BCUT2D eigenvalue weighted by Crippen LogP contribution is -2.50. The van der Waals surface area contributed by atoms with Crippen molar-refractivity contribution in [3.05, 3.63) is 55.6 Å². The second-order valence-corrected chi connectivity index (χ2v) is 9.14. The highest BCUT2D eigenvalue weighted by molar-refractivity contribution is 9.11. The summed E-state index contributed by atoms with van der Waals surface area (Å²) in [6.45, 7) is 2.11. The summed E-state index contributed by atoms with van der Waals surface area (Å²) in [4.78, 5) is 18.7. The predicted molar refractivity (Wildman–Crippen MR) is 106 cm³/mol. The molecule has 128 valence electrons. The average molecular weight is 435 g/mol. The minimum atomic E-state index is -0.329. The smallest absolute Gasteiger partial charge is 0.276 e. The van der Waals surface area contributed by atoms with Crippen molar-refractivity contribution in [2.75, 3.05) is 5.75 Å². The van der Waals surface area contributed by atoms with Crippen molar-refractivity contribution in [1.29, 1.82) is 0 Å². The number of benzene rings is 1. The van der Waals surface area contributed by atoms with E-state index in [1.165, 1.54) is 0 Å². The summed E-state index contributed by atoms with van der Waals surface area (Å²) in [5.41, 5.74) is 0.556. The van der Waals surface area contributed by atoms with E-state index in [0.717, 1.165) is 31.4 Å². The van der Waals surface area contributed by atoms with Gasteiger partial charge in [-0.2, -0.15) is 0 Å². The van der Waals surface area contributed by atoms with Crippen molar-refractivity contribution in [1.82, 2.24) is 10.3 Å². The Balaban J connectivity index is 1.89. The number of carbonyl (C=O) groups excluding carboxylic acids is 1. The van der Waals surface area contributed by atoms with Crippen LogP contribution in [-0.4, -0.2) is 21.8 Å². The van der Waals surface area contributed by atoms with Crippen LogP contribution in [0.5, 0.6) is 0 Å². The number of thioether (sulfide) groups is 1. The number of hydrogen-bond acceptors (Lipinski definition) is 6. The van der Waals surface area contributed by atoms with Crippen LogP contribution < -0.4 is 15.9 Å². The van der Waals surface area contributed by atoms with Crippen molar-refractivity contribution in [2.45, 2.75) is 19.5 Å². The lowest BCUT2D eigenvalue weighted by Gasteiger charge is -2.33. The molecule has 3 heterocycles. The molecule has 5 nitrogen and oxygen atoms in total. The molecule has 4 rings (SSSR count). The number of fused-ring (bicyclic) bond motifs is 2. The second-order valence-electron chi connectivity index (χ2n) is 5.56. The number of nitrogens with one attached hydrogen (secondary N) is 1. The Hall–Kier alpha value is -1.64. The molecule has 0 unspecified atom stereocenters. The van der Waals surface area contributed by atoms with E-state index in [4.69, 9.17) is 10.1 Å². The largest absolute Gasteiger partial charge is 0.298 e. The SMILES string of the molecule is CCCSC1=NN2C(=c3ccccc3=N[C@H]2c2ccc(Br)s2)C(=O)N1. The summed E-state index contributed by atoms with van der Waals surface area (Å²) in [7, 11) is 0. The molecule has 0 saturated carbocycles. The van der Waals surface area contributed by atoms with Crippen LogP contribution in [-0.2, 0) is 4.79 Å². The number of carbonyl (C=O) groups is 1. The van der Waals surface area contributed by atoms with E-state index in [9.17, 15) is 4.79 Å². The summed E-state index contributed by atoms with van der Waals surface area (Å²) in [5.74, 6) is 0.780.